The molecule has 2 aromatic rings. The van der Waals surface area contributed by atoms with E-state index in [2.05, 4.69) is 24.3 Å². The fraction of sp³-hybridized carbons (Fsp3) is 0.278. The van der Waals surface area contributed by atoms with Crippen LogP contribution < -0.4 is 0 Å². The van der Waals surface area contributed by atoms with Crippen LogP contribution in [-0.2, 0) is 19.9 Å². The van der Waals surface area contributed by atoms with Crippen molar-refractivity contribution in [1.82, 2.24) is 0 Å². The van der Waals surface area contributed by atoms with Gasteiger partial charge in [0.1, 0.15) is 5.60 Å². The molecule has 2 heterocycles. The van der Waals surface area contributed by atoms with Crippen molar-refractivity contribution in [2.75, 3.05) is 0 Å². The van der Waals surface area contributed by atoms with Gasteiger partial charge in [-0.15, -0.1) is 0 Å². The van der Waals surface area contributed by atoms with Crippen LogP contribution >= 0.6 is 0 Å². The van der Waals surface area contributed by atoms with Gasteiger partial charge in [0, 0.05) is 6.92 Å². The van der Waals surface area contributed by atoms with E-state index in [1.54, 1.807) is 0 Å². The normalized spacial score (nSPS) is 29.4. The fourth-order valence-corrected chi connectivity index (χ4v) is 3.69. The SMILES string of the molecule is C[C@@]12OC(=O)C[C@H]1C(c1ccccc1)(c1ccccc1)O2. The van der Waals surface area contributed by atoms with Gasteiger partial charge in [-0.25, -0.2) is 0 Å². The molecule has 2 aliphatic heterocycles. The molecule has 2 atom stereocenters. The first-order chi connectivity index (χ1) is 10.2. The molecule has 0 unspecified atom stereocenters. The molecule has 4 rings (SSSR count). The van der Waals surface area contributed by atoms with Gasteiger partial charge in [0.2, 0.25) is 5.79 Å². The van der Waals surface area contributed by atoms with Gasteiger partial charge in [0.05, 0.1) is 12.3 Å². The molecule has 106 valence electrons. The van der Waals surface area contributed by atoms with E-state index in [1.165, 1.54) is 0 Å². The molecule has 2 saturated heterocycles. The highest BCUT2D eigenvalue weighted by Gasteiger charge is 2.70. The number of hydrogen-bond donors (Lipinski definition) is 0. The zero-order chi connectivity index (χ0) is 14.5. The van der Waals surface area contributed by atoms with Crippen molar-refractivity contribution in [1.29, 1.82) is 0 Å². The van der Waals surface area contributed by atoms with Crippen LogP contribution in [0.1, 0.15) is 24.5 Å². The molecule has 0 saturated carbocycles. The minimum atomic E-state index is -0.803. The maximum absolute atomic E-state index is 11.8. The highest BCUT2D eigenvalue weighted by atomic mass is 16.8. The molecular formula is C18H16O3. The molecule has 0 spiro atoms. The third-order valence-electron chi connectivity index (χ3n) is 4.58. The molecule has 2 aromatic carbocycles. The van der Waals surface area contributed by atoms with Gasteiger partial charge in [-0.3, -0.25) is 4.79 Å². The Morgan fingerprint density at radius 1 is 0.952 bits per heavy atom. The Bertz CT molecular complexity index is 641. The summed E-state index contributed by atoms with van der Waals surface area (Å²) < 4.78 is 11.6. The Kier molecular flexibility index (Phi) is 2.51. The summed E-state index contributed by atoms with van der Waals surface area (Å²) in [6, 6.07) is 20.2. The summed E-state index contributed by atoms with van der Waals surface area (Å²) >= 11 is 0. The van der Waals surface area contributed by atoms with Crippen molar-refractivity contribution in [3.05, 3.63) is 71.8 Å². The number of carbonyl (C=O) groups excluding carboxylic acids is 1. The highest BCUT2D eigenvalue weighted by Crippen LogP contribution is 2.61. The van der Waals surface area contributed by atoms with Gasteiger partial charge in [0.15, 0.2) is 0 Å². The van der Waals surface area contributed by atoms with E-state index in [0.717, 1.165) is 11.1 Å². The van der Waals surface area contributed by atoms with E-state index >= 15 is 0 Å². The van der Waals surface area contributed by atoms with Crippen molar-refractivity contribution >= 4 is 5.97 Å². The van der Waals surface area contributed by atoms with Crippen molar-refractivity contribution < 1.29 is 14.3 Å². The average molecular weight is 280 g/mol. The van der Waals surface area contributed by atoms with Gasteiger partial charge < -0.3 is 9.47 Å². The summed E-state index contributed by atoms with van der Waals surface area (Å²) in [5.41, 5.74) is 1.54. The van der Waals surface area contributed by atoms with Crippen LogP contribution in [0.4, 0.5) is 0 Å². The quantitative estimate of drug-likeness (QED) is 0.792. The number of hydrogen-bond acceptors (Lipinski definition) is 3. The number of ether oxygens (including phenoxy) is 2. The molecule has 2 fully saturated rings. The maximum Gasteiger partial charge on any atom is 0.308 e. The lowest BCUT2D eigenvalue weighted by Gasteiger charge is -2.56. The minimum absolute atomic E-state index is 0.00213. The summed E-state index contributed by atoms with van der Waals surface area (Å²) in [5.74, 6) is -0.985. The van der Waals surface area contributed by atoms with Gasteiger partial charge in [-0.1, -0.05) is 60.7 Å². The van der Waals surface area contributed by atoms with E-state index in [1.807, 2.05) is 43.3 Å². The summed E-state index contributed by atoms with van der Waals surface area (Å²) in [6.45, 7) is 1.85. The monoisotopic (exact) mass is 280 g/mol. The maximum atomic E-state index is 11.8. The molecule has 3 heteroatoms. The molecule has 0 aromatic heterocycles. The largest absolute Gasteiger partial charge is 0.433 e. The lowest BCUT2D eigenvalue weighted by molar-refractivity contribution is -0.374. The molecular weight excluding hydrogens is 264 g/mol. The van der Waals surface area contributed by atoms with Crippen molar-refractivity contribution in [3.63, 3.8) is 0 Å². The zero-order valence-electron chi connectivity index (χ0n) is 11.8. The van der Waals surface area contributed by atoms with Gasteiger partial charge in [-0.2, -0.15) is 0 Å². The van der Waals surface area contributed by atoms with Crippen LogP contribution in [0.15, 0.2) is 60.7 Å². The van der Waals surface area contributed by atoms with E-state index in [-0.39, 0.29) is 11.9 Å². The number of benzene rings is 2. The number of carbonyl (C=O) groups is 1. The van der Waals surface area contributed by atoms with E-state index in [4.69, 9.17) is 9.47 Å². The van der Waals surface area contributed by atoms with Crippen LogP contribution in [-0.4, -0.2) is 11.8 Å². The van der Waals surface area contributed by atoms with Crippen LogP contribution in [0, 0.1) is 5.92 Å². The first-order valence-corrected chi connectivity index (χ1v) is 7.18. The fourth-order valence-electron chi connectivity index (χ4n) is 3.69. The summed E-state index contributed by atoms with van der Waals surface area (Å²) in [7, 11) is 0. The second-order valence-corrected chi connectivity index (χ2v) is 5.82. The Morgan fingerprint density at radius 3 is 1.95 bits per heavy atom. The van der Waals surface area contributed by atoms with Crippen molar-refractivity contribution in [3.8, 4) is 0 Å². The van der Waals surface area contributed by atoms with Crippen LogP contribution in [0.3, 0.4) is 0 Å². The van der Waals surface area contributed by atoms with E-state index < -0.39 is 11.4 Å². The third kappa shape index (κ3) is 1.61. The molecule has 0 aliphatic carbocycles. The van der Waals surface area contributed by atoms with Crippen LogP contribution in [0.25, 0.3) is 0 Å². The molecule has 0 radical (unpaired) electrons. The van der Waals surface area contributed by atoms with E-state index in [0.29, 0.717) is 6.42 Å². The highest BCUT2D eigenvalue weighted by molar-refractivity contribution is 5.74. The molecule has 21 heavy (non-hydrogen) atoms. The standard InChI is InChI=1S/C18H16O3/c1-17-15(12-16(19)20-17)18(21-17,13-8-4-2-5-9-13)14-10-6-3-7-11-14/h2-11,15H,12H2,1H3/t15-,17+/m1/s1. The predicted molar refractivity (Wildman–Crippen MR) is 77.4 cm³/mol. The Hall–Kier alpha value is -2.13. The molecule has 0 N–H and O–H groups in total. The molecule has 0 bridgehead atoms. The summed E-state index contributed by atoms with van der Waals surface area (Å²) in [5, 5.41) is 0. The Labute approximate surface area is 123 Å². The average Bonchev–Trinajstić information content (AvgIpc) is 2.75. The predicted octanol–water partition coefficient (Wildman–Crippen LogP) is 3.24. The molecule has 3 nitrogen and oxygen atoms in total. The lowest BCUT2D eigenvalue weighted by Crippen LogP contribution is -2.63. The lowest BCUT2D eigenvalue weighted by atomic mass is 9.67. The summed E-state index contributed by atoms with van der Waals surface area (Å²) in [4.78, 5) is 11.8. The minimum Gasteiger partial charge on any atom is -0.433 e. The third-order valence-corrected chi connectivity index (χ3v) is 4.58. The van der Waals surface area contributed by atoms with Gasteiger partial charge in [0.25, 0.3) is 0 Å². The molecule has 2 aliphatic rings. The van der Waals surface area contributed by atoms with Crippen LogP contribution in [0.5, 0.6) is 0 Å². The van der Waals surface area contributed by atoms with Crippen molar-refractivity contribution in [2.45, 2.75) is 24.7 Å². The second-order valence-electron chi connectivity index (χ2n) is 5.82. The summed E-state index contributed by atoms with van der Waals surface area (Å²) in [6.07, 6.45) is 0.389. The first kappa shape index (κ1) is 12.6. The van der Waals surface area contributed by atoms with Crippen molar-refractivity contribution in [2.24, 2.45) is 5.92 Å². The second kappa shape index (κ2) is 4.18. The van der Waals surface area contributed by atoms with Gasteiger partial charge >= 0.3 is 5.97 Å². The topological polar surface area (TPSA) is 35.5 Å². The Balaban J connectivity index is 1.88. The zero-order valence-corrected chi connectivity index (χ0v) is 11.8. The number of rotatable bonds is 2. The number of fused-ring (bicyclic) bond motifs is 1. The molecule has 0 amide bonds. The smallest absolute Gasteiger partial charge is 0.308 e. The van der Waals surface area contributed by atoms with Crippen LogP contribution in [0.2, 0.25) is 0 Å². The van der Waals surface area contributed by atoms with E-state index in [9.17, 15) is 4.79 Å². The van der Waals surface area contributed by atoms with Gasteiger partial charge in [-0.05, 0) is 11.1 Å². The Morgan fingerprint density at radius 2 is 1.48 bits per heavy atom. The number of esters is 1. The first-order valence-electron chi connectivity index (χ1n) is 7.18.